The first-order valence-corrected chi connectivity index (χ1v) is 8.51. The van der Waals surface area contributed by atoms with Crippen LogP contribution in [-0.2, 0) is 7.05 Å². The van der Waals surface area contributed by atoms with Crippen LogP contribution in [-0.4, -0.2) is 21.9 Å². The zero-order chi connectivity index (χ0) is 15.6. The van der Waals surface area contributed by atoms with Crippen LogP contribution in [0.5, 0.6) is 0 Å². The molecule has 3 unspecified atom stereocenters. The fourth-order valence-electron chi connectivity index (χ4n) is 3.55. The molecule has 3 nitrogen and oxygen atoms in total. The van der Waals surface area contributed by atoms with Crippen LogP contribution in [0.1, 0.15) is 65.5 Å². The largest absolute Gasteiger partial charge is 0.312 e. The molecule has 120 valence electrons. The van der Waals surface area contributed by atoms with Crippen LogP contribution in [0, 0.1) is 17.8 Å². The van der Waals surface area contributed by atoms with E-state index in [4.69, 9.17) is 5.10 Å². The van der Waals surface area contributed by atoms with Crippen molar-refractivity contribution in [2.45, 2.75) is 65.3 Å². The second-order valence-corrected chi connectivity index (χ2v) is 8.23. The first kappa shape index (κ1) is 16.5. The fourth-order valence-corrected chi connectivity index (χ4v) is 3.55. The van der Waals surface area contributed by atoms with Crippen molar-refractivity contribution in [2.75, 3.05) is 6.54 Å². The molecular formula is C18H33N3. The molecule has 1 N–H and O–H groups in total. The van der Waals surface area contributed by atoms with E-state index in [1.807, 2.05) is 11.7 Å². The minimum atomic E-state index is 0.198. The minimum Gasteiger partial charge on any atom is -0.312 e. The van der Waals surface area contributed by atoms with Crippen molar-refractivity contribution in [3.63, 3.8) is 0 Å². The van der Waals surface area contributed by atoms with Gasteiger partial charge < -0.3 is 5.32 Å². The Bertz CT molecular complexity index is 442. The van der Waals surface area contributed by atoms with Crippen molar-refractivity contribution >= 4 is 0 Å². The maximum atomic E-state index is 4.71. The smallest absolute Gasteiger partial charge is 0.0658 e. The lowest BCUT2D eigenvalue weighted by atomic mass is 9.69. The Hall–Kier alpha value is -0.830. The lowest BCUT2D eigenvalue weighted by Gasteiger charge is -2.38. The molecule has 1 saturated carbocycles. The van der Waals surface area contributed by atoms with Gasteiger partial charge in [-0.2, -0.15) is 5.10 Å². The van der Waals surface area contributed by atoms with E-state index in [9.17, 15) is 0 Å². The van der Waals surface area contributed by atoms with E-state index in [1.165, 1.54) is 25.0 Å². The molecular weight excluding hydrogens is 258 g/mol. The summed E-state index contributed by atoms with van der Waals surface area (Å²) in [6.07, 6.45) is 6.08. The Morgan fingerprint density at radius 1 is 1.33 bits per heavy atom. The van der Waals surface area contributed by atoms with Crippen LogP contribution in [0.25, 0.3) is 0 Å². The number of hydrogen-bond acceptors (Lipinski definition) is 2. The van der Waals surface area contributed by atoms with Crippen molar-refractivity contribution in [3.8, 4) is 0 Å². The third-order valence-electron chi connectivity index (χ3n) is 4.99. The van der Waals surface area contributed by atoms with E-state index in [2.05, 4.69) is 52.2 Å². The maximum absolute atomic E-state index is 4.71. The second-order valence-electron chi connectivity index (χ2n) is 8.23. The molecule has 0 amide bonds. The van der Waals surface area contributed by atoms with E-state index >= 15 is 0 Å². The highest BCUT2D eigenvalue weighted by molar-refractivity contribution is 5.10. The van der Waals surface area contributed by atoms with Crippen LogP contribution in [0.15, 0.2) is 12.3 Å². The SMILES string of the molecule is CC(C)C1CCC(CNC(C)(C)C)C(c2ccn(C)n2)C1. The fraction of sp³-hybridized carbons (Fsp3) is 0.833. The van der Waals surface area contributed by atoms with Gasteiger partial charge in [-0.15, -0.1) is 0 Å². The molecule has 1 heterocycles. The van der Waals surface area contributed by atoms with Crippen molar-refractivity contribution < 1.29 is 0 Å². The quantitative estimate of drug-likeness (QED) is 0.910. The van der Waals surface area contributed by atoms with E-state index in [-0.39, 0.29) is 5.54 Å². The number of rotatable bonds is 4. The highest BCUT2D eigenvalue weighted by Crippen LogP contribution is 2.42. The Morgan fingerprint density at radius 3 is 2.57 bits per heavy atom. The lowest BCUT2D eigenvalue weighted by molar-refractivity contribution is 0.180. The molecule has 0 spiro atoms. The molecule has 21 heavy (non-hydrogen) atoms. The third-order valence-corrected chi connectivity index (χ3v) is 4.99. The van der Waals surface area contributed by atoms with Crippen molar-refractivity contribution in [3.05, 3.63) is 18.0 Å². The maximum Gasteiger partial charge on any atom is 0.0658 e. The Labute approximate surface area is 130 Å². The zero-order valence-electron chi connectivity index (χ0n) is 14.7. The van der Waals surface area contributed by atoms with Gasteiger partial charge in [0.05, 0.1) is 5.69 Å². The monoisotopic (exact) mass is 291 g/mol. The Morgan fingerprint density at radius 2 is 2.05 bits per heavy atom. The number of aryl methyl sites for hydroxylation is 1. The van der Waals surface area contributed by atoms with Crippen molar-refractivity contribution in [2.24, 2.45) is 24.8 Å². The molecule has 1 aromatic heterocycles. The molecule has 0 radical (unpaired) electrons. The number of aromatic nitrogens is 2. The van der Waals surface area contributed by atoms with Gasteiger partial charge in [0.25, 0.3) is 0 Å². The number of nitrogens with one attached hydrogen (secondary N) is 1. The second kappa shape index (κ2) is 6.51. The third kappa shape index (κ3) is 4.57. The standard InChI is InChI=1S/C18H33N3/c1-13(2)14-7-8-15(12-19-18(3,4)5)16(11-14)17-9-10-21(6)20-17/h9-10,13-16,19H,7-8,11-12H2,1-6H3. The van der Waals surface area contributed by atoms with Crippen molar-refractivity contribution in [1.29, 1.82) is 0 Å². The summed E-state index contributed by atoms with van der Waals surface area (Å²) in [6, 6.07) is 2.22. The van der Waals surface area contributed by atoms with Gasteiger partial charge >= 0.3 is 0 Å². The summed E-state index contributed by atoms with van der Waals surface area (Å²) in [5.41, 5.74) is 1.49. The van der Waals surface area contributed by atoms with Gasteiger partial charge in [0.1, 0.15) is 0 Å². The summed E-state index contributed by atoms with van der Waals surface area (Å²) in [4.78, 5) is 0. The molecule has 3 atom stereocenters. The topological polar surface area (TPSA) is 29.9 Å². The van der Waals surface area contributed by atoms with Gasteiger partial charge in [0.2, 0.25) is 0 Å². The van der Waals surface area contributed by atoms with Gasteiger partial charge in [-0.3, -0.25) is 4.68 Å². The van der Waals surface area contributed by atoms with Crippen LogP contribution in [0.3, 0.4) is 0 Å². The van der Waals surface area contributed by atoms with E-state index < -0.39 is 0 Å². The van der Waals surface area contributed by atoms with Crippen molar-refractivity contribution in [1.82, 2.24) is 15.1 Å². The molecule has 0 saturated heterocycles. The van der Waals surface area contributed by atoms with E-state index in [1.54, 1.807) is 0 Å². The van der Waals surface area contributed by atoms with E-state index in [0.717, 1.165) is 18.4 Å². The normalized spacial score (nSPS) is 27.3. The minimum absolute atomic E-state index is 0.198. The molecule has 1 aliphatic carbocycles. The molecule has 3 heteroatoms. The first-order chi connectivity index (χ1) is 9.76. The zero-order valence-corrected chi connectivity index (χ0v) is 14.7. The summed E-state index contributed by atoms with van der Waals surface area (Å²) in [6.45, 7) is 12.6. The van der Waals surface area contributed by atoms with Crippen LogP contribution in [0.4, 0.5) is 0 Å². The highest BCUT2D eigenvalue weighted by atomic mass is 15.2. The van der Waals surface area contributed by atoms with Gasteiger partial charge in [0.15, 0.2) is 0 Å². The molecule has 0 bridgehead atoms. The molecule has 1 fully saturated rings. The molecule has 1 aromatic rings. The van der Waals surface area contributed by atoms with Gasteiger partial charge in [0, 0.05) is 24.7 Å². The first-order valence-electron chi connectivity index (χ1n) is 8.51. The van der Waals surface area contributed by atoms with Crippen LogP contribution < -0.4 is 5.32 Å². The summed E-state index contributed by atoms with van der Waals surface area (Å²) in [7, 11) is 2.02. The molecule has 0 aromatic carbocycles. The lowest BCUT2D eigenvalue weighted by Crippen LogP contribution is -2.42. The van der Waals surface area contributed by atoms with Crippen LogP contribution in [0.2, 0.25) is 0 Å². The van der Waals surface area contributed by atoms with Gasteiger partial charge in [-0.1, -0.05) is 13.8 Å². The molecule has 2 rings (SSSR count). The predicted octanol–water partition coefficient (Wildman–Crippen LogP) is 3.96. The van der Waals surface area contributed by atoms with Crippen LogP contribution >= 0.6 is 0 Å². The highest BCUT2D eigenvalue weighted by Gasteiger charge is 2.34. The van der Waals surface area contributed by atoms with Gasteiger partial charge in [-0.25, -0.2) is 0 Å². The molecule has 0 aliphatic heterocycles. The summed E-state index contributed by atoms with van der Waals surface area (Å²) < 4.78 is 1.95. The summed E-state index contributed by atoms with van der Waals surface area (Å²) in [5.74, 6) is 2.96. The van der Waals surface area contributed by atoms with E-state index in [0.29, 0.717) is 11.8 Å². The summed E-state index contributed by atoms with van der Waals surface area (Å²) >= 11 is 0. The average Bonchev–Trinajstić information content (AvgIpc) is 2.81. The predicted molar refractivity (Wildman–Crippen MR) is 89.4 cm³/mol. The Kier molecular flexibility index (Phi) is 5.13. The van der Waals surface area contributed by atoms with Gasteiger partial charge in [-0.05, 0) is 70.4 Å². The average molecular weight is 291 g/mol. The molecule has 1 aliphatic rings. The summed E-state index contributed by atoms with van der Waals surface area (Å²) in [5, 5.41) is 8.42. The number of hydrogen-bond donors (Lipinski definition) is 1. The Balaban J connectivity index is 2.10. The number of nitrogens with zero attached hydrogens (tertiary/aromatic N) is 2.